The second-order valence-electron chi connectivity index (χ2n) is 5.61. The second kappa shape index (κ2) is 5.35. The predicted molar refractivity (Wildman–Crippen MR) is 84.1 cm³/mol. The number of para-hydroxylation sites is 2. The summed E-state index contributed by atoms with van der Waals surface area (Å²) in [6.45, 7) is 0.507. The lowest BCUT2D eigenvalue weighted by atomic mass is 10.3. The number of benzene rings is 1. The molecule has 110 valence electrons. The maximum absolute atomic E-state index is 12.1. The van der Waals surface area contributed by atoms with Crippen molar-refractivity contribution < 1.29 is 4.79 Å². The molecule has 21 heavy (non-hydrogen) atoms. The minimum Gasteiger partial charge on any atom is -0.347 e. The number of carbonyl (C=O) groups is 1. The Labute approximate surface area is 127 Å². The molecule has 1 aromatic heterocycles. The Morgan fingerprint density at radius 3 is 3.05 bits per heavy atom. The largest absolute Gasteiger partial charge is 0.347 e. The van der Waals surface area contributed by atoms with Gasteiger partial charge in [0.1, 0.15) is 5.82 Å². The fourth-order valence-electron chi connectivity index (χ4n) is 2.81. The fourth-order valence-corrected chi connectivity index (χ4v) is 3.75. The van der Waals surface area contributed by atoms with Gasteiger partial charge in [0, 0.05) is 17.7 Å². The normalized spacial score (nSPS) is 21.8. The lowest BCUT2D eigenvalue weighted by Gasteiger charge is -2.12. The number of aromatic nitrogens is 2. The molecule has 1 aliphatic carbocycles. The highest BCUT2D eigenvalue weighted by Gasteiger charge is 2.28. The molecule has 1 amide bonds. The second-order valence-corrected chi connectivity index (χ2v) is 6.64. The zero-order valence-corrected chi connectivity index (χ0v) is 12.5. The quantitative estimate of drug-likeness (QED) is 0.901. The number of nitrogens with one attached hydrogen (secondary N) is 2. The SMILES string of the molecule is O=C(NCc1nc2ccccc2n1C1CC1)C1CSCN1. The van der Waals surface area contributed by atoms with E-state index in [1.54, 1.807) is 11.8 Å². The van der Waals surface area contributed by atoms with Gasteiger partial charge in [-0.2, -0.15) is 0 Å². The van der Waals surface area contributed by atoms with Gasteiger partial charge in [-0.25, -0.2) is 4.98 Å². The number of hydrogen-bond acceptors (Lipinski definition) is 4. The summed E-state index contributed by atoms with van der Waals surface area (Å²) in [5.41, 5.74) is 2.20. The molecular formula is C15H18N4OS. The summed E-state index contributed by atoms with van der Waals surface area (Å²) < 4.78 is 2.30. The summed E-state index contributed by atoms with van der Waals surface area (Å²) in [4.78, 5) is 16.8. The van der Waals surface area contributed by atoms with Gasteiger partial charge >= 0.3 is 0 Å². The van der Waals surface area contributed by atoms with E-state index in [4.69, 9.17) is 4.98 Å². The van der Waals surface area contributed by atoms with E-state index in [9.17, 15) is 4.79 Å². The molecule has 2 fully saturated rings. The van der Waals surface area contributed by atoms with Crippen LogP contribution in [-0.2, 0) is 11.3 Å². The average molecular weight is 302 g/mol. The maximum Gasteiger partial charge on any atom is 0.238 e. The molecule has 0 radical (unpaired) electrons. The molecule has 1 unspecified atom stereocenters. The van der Waals surface area contributed by atoms with Crippen LogP contribution in [0.2, 0.25) is 0 Å². The number of thioether (sulfide) groups is 1. The molecule has 2 aromatic rings. The molecule has 2 N–H and O–H groups in total. The molecule has 2 aliphatic rings. The Balaban J connectivity index is 1.55. The van der Waals surface area contributed by atoms with Crippen LogP contribution in [0.5, 0.6) is 0 Å². The van der Waals surface area contributed by atoms with Crippen molar-refractivity contribution in [2.75, 3.05) is 11.6 Å². The first-order valence-electron chi connectivity index (χ1n) is 7.37. The zero-order valence-electron chi connectivity index (χ0n) is 11.7. The van der Waals surface area contributed by atoms with Gasteiger partial charge in [0.25, 0.3) is 0 Å². The van der Waals surface area contributed by atoms with E-state index in [0.717, 1.165) is 23.0 Å². The summed E-state index contributed by atoms with van der Waals surface area (Å²) in [7, 11) is 0. The van der Waals surface area contributed by atoms with Crippen LogP contribution in [0.15, 0.2) is 24.3 Å². The van der Waals surface area contributed by atoms with Crippen LogP contribution in [-0.4, -0.2) is 33.1 Å². The molecule has 0 bridgehead atoms. The molecule has 0 spiro atoms. The number of carbonyl (C=O) groups excluding carboxylic acids is 1. The minimum atomic E-state index is -0.0613. The summed E-state index contributed by atoms with van der Waals surface area (Å²) in [5.74, 6) is 2.76. The van der Waals surface area contributed by atoms with E-state index in [1.165, 1.54) is 18.4 Å². The van der Waals surface area contributed by atoms with E-state index in [0.29, 0.717) is 12.6 Å². The molecule has 6 heteroatoms. The summed E-state index contributed by atoms with van der Waals surface area (Å²) in [6, 6.07) is 8.70. The maximum atomic E-state index is 12.1. The van der Waals surface area contributed by atoms with Crippen LogP contribution in [0.25, 0.3) is 11.0 Å². The van der Waals surface area contributed by atoms with E-state index in [2.05, 4.69) is 21.3 Å². The Kier molecular flexibility index (Phi) is 3.35. The van der Waals surface area contributed by atoms with Crippen molar-refractivity contribution in [3.05, 3.63) is 30.1 Å². The monoisotopic (exact) mass is 302 g/mol. The smallest absolute Gasteiger partial charge is 0.238 e. The van der Waals surface area contributed by atoms with Crippen molar-refractivity contribution in [1.82, 2.24) is 20.2 Å². The van der Waals surface area contributed by atoms with Crippen molar-refractivity contribution in [3.63, 3.8) is 0 Å². The van der Waals surface area contributed by atoms with Gasteiger partial charge in [0.2, 0.25) is 5.91 Å². The molecule has 1 saturated heterocycles. The molecular weight excluding hydrogens is 284 g/mol. The Hall–Kier alpha value is -1.53. The van der Waals surface area contributed by atoms with Gasteiger partial charge < -0.3 is 9.88 Å². The average Bonchev–Trinajstić information content (AvgIpc) is 3.05. The lowest BCUT2D eigenvalue weighted by molar-refractivity contribution is -0.122. The Morgan fingerprint density at radius 1 is 1.43 bits per heavy atom. The van der Waals surface area contributed by atoms with Crippen LogP contribution in [0.1, 0.15) is 24.7 Å². The molecule has 4 rings (SSSR count). The molecule has 5 nitrogen and oxygen atoms in total. The van der Waals surface area contributed by atoms with Gasteiger partial charge in [0.05, 0.1) is 23.6 Å². The van der Waals surface area contributed by atoms with E-state index >= 15 is 0 Å². The fraction of sp³-hybridized carbons (Fsp3) is 0.467. The number of hydrogen-bond donors (Lipinski definition) is 2. The van der Waals surface area contributed by atoms with Crippen LogP contribution in [0, 0.1) is 0 Å². The number of rotatable bonds is 4. The third-order valence-electron chi connectivity index (χ3n) is 4.03. The number of amides is 1. The van der Waals surface area contributed by atoms with Crippen molar-refractivity contribution in [2.45, 2.75) is 31.5 Å². The minimum absolute atomic E-state index is 0.0613. The van der Waals surface area contributed by atoms with Gasteiger partial charge in [-0.3, -0.25) is 10.1 Å². The van der Waals surface area contributed by atoms with E-state index in [1.807, 2.05) is 18.2 Å². The summed E-state index contributed by atoms with van der Waals surface area (Å²) >= 11 is 1.76. The zero-order chi connectivity index (χ0) is 14.2. The first-order valence-corrected chi connectivity index (χ1v) is 8.53. The van der Waals surface area contributed by atoms with Crippen molar-refractivity contribution in [2.24, 2.45) is 0 Å². The number of nitrogens with zero attached hydrogens (tertiary/aromatic N) is 2. The number of imidazole rings is 1. The van der Waals surface area contributed by atoms with Crippen molar-refractivity contribution in [3.8, 4) is 0 Å². The van der Waals surface area contributed by atoms with Gasteiger partial charge in [-0.1, -0.05) is 12.1 Å². The highest BCUT2D eigenvalue weighted by Crippen LogP contribution is 2.38. The Bertz CT molecular complexity index is 673. The van der Waals surface area contributed by atoms with Gasteiger partial charge in [0.15, 0.2) is 0 Å². The molecule has 1 saturated carbocycles. The predicted octanol–water partition coefficient (Wildman–Crippen LogP) is 1.65. The van der Waals surface area contributed by atoms with Crippen molar-refractivity contribution >= 4 is 28.7 Å². The molecule has 2 heterocycles. The standard InChI is InChI=1S/C15H18N4OS/c20-15(12-8-21-9-17-12)16-7-14-18-11-3-1-2-4-13(11)19(14)10-5-6-10/h1-4,10,12,17H,5-9H2,(H,16,20). The lowest BCUT2D eigenvalue weighted by Crippen LogP contribution is -2.42. The number of fused-ring (bicyclic) bond motifs is 1. The van der Waals surface area contributed by atoms with Gasteiger partial charge in [-0.15, -0.1) is 11.8 Å². The summed E-state index contributed by atoms with van der Waals surface area (Å²) in [6.07, 6.45) is 2.42. The van der Waals surface area contributed by atoms with Crippen molar-refractivity contribution in [1.29, 1.82) is 0 Å². The van der Waals surface area contributed by atoms with Crippen LogP contribution < -0.4 is 10.6 Å². The van der Waals surface area contributed by atoms with Gasteiger partial charge in [-0.05, 0) is 25.0 Å². The third-order valence-corrected chi connectivity index (χ3v) is 4.97. The Morgan fingerprint density at radius 2 is 2.29 bits per heavy atom. The summed E-state index contributed by atoms with van der Waals surface area (Å²) in [5, 5.41) is 6.22. The van der Waals surface area contributed by atoms with E-state index in [-0.39, 0.29) is 11.9 Å². The van der Waals surface area contributed by atoms with Crippen LogP contribution in [0.3, 0.4) is 0 Å². The van der Waals surface area contributed by atoms with E-state index < -0.39 is 0 Å². The van der Waals surface area contributed by atoms with Crippen LogP contribution in [0.4, 0.5) is 0 Å². The first kappa shape index (κ1) is 13.2. The molecule has 1 aromatic carbocycles. The third kappa shape index (κ3) is 2.53. The molecule has 1 aliphatic heterocycles. The topological polar surface area (TPSA) is 59.0 Å². The first-order chi connectivity index (χ1) is 10.3. The highest BCUT2D eigenvalue weighted by molar-refractivity contribution is 7.99. The highest BCUT2D eigenvalue weighted by atomic mass is 32.2. The molecule has 1 atom stereocenters. The van der Waals surface area contributed by atoms with Crippen LogP contribution >= 0.6 is 11.8 Å².